The second kappa shape index (κ2) is 5.19. The Morgan fingerprint density at radius 3 is 3.00 bits per heavy atom. The van der Waals surface area contributed by atoms with Crippen molar-refractivity contribution in [2.45, 2.75) is 6.54 Å². The highest BCUT2D eigenvalue weighted by Gasteiger charge is 1.97. The van der Waals surface area contributed by atoms with E-state index in [4.69, 9.17) is 0 Å². The van der Waals surface area contributed by atoms with Crippen LogP contribution in [-0.4, -0.2) is 13.0 Å². The van der Waals surface area contributed by atoms with E-state index in [1.165, 1.54) is 6.08 Å². The lowest BCUT2D eigenvalue weighted by molar-refractivity contribution is -0.111. The van der Waals surface area contributed by atoms with E-state index in [0.717, 1.165) is 17.8 Å². The molecule has 2 N–H and O–H groups in total. The van der Waals surface area contributed by atoms with Gasteiger partial charge in [0.25, 0.3) is 0 Å². The fourth-order valence-electron chi connectivity index (χ4n) is 1.16. The standard InChI is InChI=1S/C11H14N2O/c1-3-11(14)13-10-6-4-5-9(7-10)8-12-2/h3-7,12H,1,8H2,2H3,(H,13,14). The Labute approximate surface area is 83.8 Å². The Hall–Kier alpha value is -1.61. The molecule has 0 aliphatic rings. The molecule has 3 nitrogen and oxygen atoms in total. The quantitative estimate of drug-likeness (QED) is 0.707. The minimum atomic E-state index is -0.188. The van der Waals surface area contributed by atoms with Crippen LogP contribution < -0.4 is 10.6 Å². The summed E-state index contributed by atoms with van der Waals surface area (Å²) in [7, 11) is 1.88. The zero-order valence-corrected chi connectivity index (χ0v) is 8.21. The van der Waals surface area contributed by atoms with Crippen LogP contribution in [0.1, 0.15) is 5.56 Å². The highest BCUT2D eigenvalue weighted by molar-refractivity contribution is 5.98. The maximum atomic E-state index is 11.0. The van der Waals surface area contributed by atoms with Crippen molar-refractivity contribution < 1.29 is 4.79 Å². The summed E-state index contributed by atoms with van der Waals surface area (Å²) in [5.74, 6) is -0.188. The molecule has 0 atom stereocenters. The van der Waals surface area contributed by atoms with Crippen LogP contribution >= 0.6 is 0 Å². The van der Waals surface area contributed by atoms with E-state index < -0.39 is 0 Å². The molecule has 0 fully saturated rings. The van der Waals surface area contributed by atoms with Crippen LogP contribution in [0.2, 0.25) is 0 Å². The second-order valence-corrected chi connectivity index (χ2v) is 2.92. The fraction of sp³-hybridized carbons (Fsp3) is 0.182. The molecule has 1 rings (SSSR count). The topological polar surface area (TPSA) is 41.1 Å². The SMILES string of the molecule is C=CC(=O)Nc1cccc(CNC)c1. The first-order valence-electron chi connectivity index (χ1n) is 4.43. The summed E-state index contributed by atoms with van der Waals surface area (Å²) in [5, 5.41) is 5.75. The monoisotopic (exact) mass is 190 g/mol. The van der Waals surface area contributed by atoms with Crippen molar-refractivity contribution in [2.24, 2.45) is 0 Å². The molecule has 0 spiro atoms. The predicted molar refractivity (Wildman–Crippen MR) is 58.0 cm³/mol. The van der Waals surface area contributed by atoms with Crippen molar-refractivity contribution in [2.75, 3.05) is 12.4 Å². The molecule has 1 aromatic carbocycles. The average molecular weight is 190 g/mol. The first kappa shape index (κ1) is 10.5. The highest BCUT2D eigenvalue weighted by Crippen LogP contribution is 2.10. The summed E-state index contributed by atoms with van der Waals surface area (Å²) < 4.78 is 0. The molecule has 0 bridgehead atoms. The number of carbonyl (C=O) groups is 1. The Morgan fingerprint density at radius 2 is 2.36 bits per heavy atom. The molecule has 1 amide bonds. The summed E-state index contributed by atoms with van der Waals surface area (Å²) in [6.07, 6.45) is 1.25. The van der Waals surface area contributed by atoms with Crippen molar-refractivity contribution in [3.63, 3.8) is 0 Å². The molecule has 74 valence electrons. The zero-order valence-electron chi connectivity index (χ0n) is 8.21. The van der Waals surface area contributed by atoms with E-state index in [1.54, 1.807) is 0 Å². The molecule has 0 heterocycles. The highest BCUT2D eigenvalue weighted by atomic mass is 16.1. The van der Waals surface area contributed by atoms with Crippen LogP contribution in [0.15, 0.2) is 36.9 Å². The van der Waals surface area contributed by atoms with Crippen LogP contribution in [0.4, 0.5) is 5.69 Å². The maximum absolute atomic E-state index is 11.0. The summed E-state index contributed by atoms with van der Waals surface area (Å²) >= 11 is 0. The lowest BCUT2D eigenvalue weighted by Crippen LogP contribution is -2.09. The summed E-state index contributed by atoms with van der Waals surface area (Å²) in [6, 6.07) is 7.68. The van der Waals surface area contributed by atoms with E-state index in [9.17, 15) is 4.79 Å². The fourth-order valence-corrected chi connectivity index (χ4v) is 1.16. The largest absolute Gasteiger partial charge is 0.323 e. The minimum Gasteiger partial charge on any atom is -0.323 e. The Morgan fingerprint density at radius 1 is 1.57 bits per heavy atom. The Bertz CT molecular complexity index is 334. The van der Waals surface area contributed by atoms with Crippen molar-refractivity contribution in [3.05, 3.63) is 42.5 Å². The van der Waals surface area contributed by atoms with Gasteiger partial charge in [-0.05, 0) is 30.8 Å². The van der Waals surface area contributed by atoms with Gasteiger partial charge in [-0.2, -0.15) is 0 Å². The van der Waals surface area contributed by atoms with E-state index >= 15 is 0 Å². The second-order valence-electron chi connectivity index (χ2n) is 2.92. The van der Waals surface area contributed by atoms with Crippen molar-refractivity contribution in [1.29, 1.82) is 0 Å². The number of rotatable bonds is 4. The average Bonchev–Trinajstić information content (AvgIpc) is 2.19. The molecule has 0 aromatic heterocycles. The molecule has 0 saturated carbocycles. The third-order valence-corrected chi connectivity index (χ3v) is 1.76. The predicted octanol–water partition coefficient (Wildman–Crippen LogP) is 1.53. The lowest BCUT2D eigenvalue weighted by atomic mass is 10.2. The molecule has 0 aliphatic heterocycles. The van der Waals surface area contributed by atoms with Crippen molar-refractivity contribution >= 4 is 11.6 Å². The molecule has 14 heavy (non-hydrogen) atoms. The van der Waals surface area contributed by atoms with Crippen LogP contribution in [0.3, 0.4) is 0 Å². The van der Waals surface area contributed by atoms with E-state index in [-0.39, 0.29) is 5.91 Å². The van der Waals surface area contributed by atoms with Crippen LogP contribution in [0.25, 0.3) is 0 Å². The number of carbonyl (C=O) groups excluding carboxylic acids is 1. The van der Waals surface area contributed by atoms with E-state index in [2.05, 4.69) is 17.2 Å². The third kappa shape index (κ3) is 3.03. The lowest BCUT2D eigenvalue weighted by Gasteiger charge is -2.04. The number of amides is 1. The zero-order chi connectivity index (χ0) is 10.4. The van der Waals surface area contributed by atoms with Crippen LogP contribution in [0.5, 0.6) is 0 Å². The van der Waals surface area contributed by atoms with Gasteiger partial charge in [0, 0.05) is 12.2 Å². The maximum Gasteiger partial charge on any atom is 0.247 e. The number of hydrogen-bond donors (Lipinski definition) is 2. The van der Waals surface area contributed by atoms with Crippen molar-refractivity contribution in [1.82, 2.24) is 5.32 Å². The van der Waals surface area contributed by atoms with E-state index in [0.29, 0.717) is 0 Å². The van der Waals surface area contributed by atoms with Gasteiger partial charge in [0.05, 0.1) is 0 Å². The third-order valence-electron chi connectivity index (χ3n) is 1.76. The normalized spacial score (nSPS) is 9.50. The molecule has 3 heteroatoms. The Kier molecular flexibility index (Phi) is 3.88. The van der Waals surface area contributed by atoms with Gasteiger partial charge >= 0.3 is 0 Å². The molecule has 0 aliphatic carbocycles. The number of benzene rings is 1. The van der Waals surface area contributed by atoms with Gasteiger partial charge in [-0.15, -0.1) is 0 Å². The van der Waals surface area contributed by atoms with Gasteiger partial charge in [-0.1, -0.05) is 18.7 Å². The molecule has 1 aromatic rings. The first-order valence-corrected chi connectivity index (χ1v) is 4.43. The van der Waals surface area contributed by atoms with Gasteiger partial charge in [-0.25, -0.2) is 0 Å². The van der Waals surface area contributed by atoms with Gasteiger partial charge in [0.2, 0.25) is 5.91 Å². The molecule has 0 unspecified atom stereocenters. The first-order chi connectivity index (χ1) is 6.76. The number of anilines is 1. The number of hydrogen-bond acceptors (Lipinski definition) is 2. The Balaban J connectivity index is 2.72. The van der Waals surface area contributed by atoms with Gasteiger partial charge in [0.1, 0.15) is 0 Å². The van der Waals surface area contributed by atoms with Gasteiger partial charge in [0.15, 0.2) is 0 Å². The molecular formula is C11H14N2O. The van der Waals surface area contributed by atoms with Crippen LogP contribution in [0, 0.1) is 0 Å². The summed E-state index contributed by atoms with van der Waals surface area (Å²) in [5.41, 5.74) is 1.93. The summed E-state index contributed by atoms with van der Waals surface area (Å²) in [6.45, 7) is 4.18. The molecule has 0 saturated heterocycles. The van der Waals surface area contributed by atoms with Gasteiger partial charge < -0.3 is 10.6 Å². The molecular weight excluding hydrogens is 176 g/mol. The van der Waals surface area contributed by atoms with Crippen LogP contribution in [-0.2, 0) is 11.3 Å². The number of nitrogens with one attached hydrogen (secondary N) is 2. The van der Waals surface area contributed by atoms with Crippen molar-refractivity contribution in [3.8, 4) is 0 Å². The van der Waals surface area contributed by atoms with Gasteiger partial charge in [-0.3, -0.25) is 4.79 Å². The van der Waals surface area contributed by atoms with E-state index in [1.807, 2.05) is 31.3 Å². The minimum absolute atomic E-state index is 0.188. The smallest absolute Gasteiger partial charge is 0.247 e. The molecule has 0 radical (unpaired) electrons. The summed E-state index contributed by atoms with van der Waals surface area (Å²) in [4.78, 5) is 11.0.